The molecule has 2 aromatic heterocycles. The first-order valence-corrected chi connectivity index (χ1v) is 11.7. The summed E-state index contributed by atoms with van der Waals surface area (Å²) in [6.07, 6.45) is -1.35. The fourth-order valence-corrected chi connectivity index (χ4v) is 4.68. The van der Waals surface area contributed by atoms with Crippen molar-refractivity contribution in [1.82, 2.24) is 20.1 Å². The summed E-state index contributed by atoms with van der Waals surface area (Å²) in [6.45, 7) is 5.55. The number of nitrogens with zero attached hydrogens (tertiary/aromatic N) is 5. The fourth-order valence-electron chi connectivity index (χ4n) is 4.68. The van der Waals surface area contributed by atoms with Crippen molar-refractivity contribution in [2.24, 2.45) is 0 Å². The number of alkyl halides is 3. The maximum Gasteiger partial charge on any atom is 0.416 e. The SMILES string of the molecule is COc1ccc(-c2nnc(N3CCC(N(C)Cc4ccc(F)cc4C(F)(F)F)CC3)c(C)c2C)cn1. The van der Waals surface area contributed by atoms with Crippen LogP contribution in [0.2, 0.25) is 0 Å². The summed E-state index contributed by atoms with van der Waals surface area (Å²) in [5.74, 6) is 0.458. The molecule has 3 heterocycles. The third kappa shape index (κ3) is 5.43. The molecule has 0 atom stereocenters. The third-order valence-electron chi connectivity index (χ3n) is 6.90. The standard InChI is InChI=1S/C26H29F4N5O/c1-16-17(2)25(33-32-24(16)18-6-8-23(36-4)31-14-18)35-11-9-21(10-12-35)34(3)15-19-5-7-20(27)13-22(19)26(28,29)30/h5-8,13-14,21H,9-12,15H2,1-4H3. The zero-order valence-corrected chi connectivity index (χ0v) is 20.7. The Morgan fingerprint density at radius 3 is 2.39 bits per heavy atom. The summed E-state index contributed by atoms with van der Waals surface area (Å²) in [7, 11) is 3.38. The second-order valence-electron chi connectivity index (χ2n) is 9.14. The summed E-state index contributed by atoms with van der Waals surface area (Å²) >= 11 is 0. The minimum Gasteiger partial charge on any atom is -0.481 e. The molecular formula is C26H29F4N5O. The molecule has 0 saturated carbocycles. The minimum absolute atomic E-state index is 0.0785. The van der Waals surface area contributed by atoms with E-state index in [-0.39, 0.29) is 18.2 Å². The molecule has 0 unspecified atom stereocenters. The van der Waals surface area contributed by atoms with E-state index in [0.29, 0.717) is 25.0 Å². The Morgan fingerprint density at radius 1 is 1.06 bits per heavy atom. The van der Waals surface area contributed by atoms with Gasteiger partial charge in [0.1, 0.15) is 5.82 Å². The van der Waals surface area contributed by atoms with Crippen molar-refractivity contribution < 1.29 is 22.3 Å². The van der Waals surface area contributed by atoms with Crippen LogP contribution in [0.5, 0.6) is 5.88 Å². The highest BCUT2D eigenvalue weighted by Crippen LogP contribution is 2.34. The van der Waals surface area contributed by atoms with E-state index in [1.54, 1.807) is 19.4 Å². The van der Waals surface area contributed by atoms with Crippen molar-refractivity contribution in [3.8, 4) is 17.1 Å². The molecule has 1 saturated heterocycles. The quantitative estimate of drug-likeness (QED) is 0.419. The Balaban J connectivity index is 1.43. The maximum atomic E-state index is 13.4. The Kier molecular flexibility index (Phi) is 7.44. The number of halogens is 4. The minimum atomic E-state index is -4.59. The average molecular weight is 504 g/mol. The molecule has 0 radical (unpaired) electrons. The van der Waals surface area contributed by atoms with Gasteiger partial charge in [0.15, 0.2) is 5.82 Å². The van der Waals surface area contributed by atoms with Gasteiger partial charge in [-0.1, -0.05) is 6.07 Å². The van der Waals surface area contributed by atoms with Gasteiger partial charge in [-0.25, -0.2) is 9.37 Å². The van der Waals surface area contributed by atoms with Gasteiger partial charge >= 0.3 is 6.18 Å². The second kappa shape index (κ2) is 10.4. The van der Waals surface area contributed by atoms with Crippen molar-refractivity contribution in [2.45, 2.75) is 45.5 Å². The van der Waals surface area contributed by atoms with Crippen molar-refractivity contribution in [3.63, 3.8) is 0 Å². The van der Waals surface area contributed by atoms with Gasteiger partial charge in [0.25, 0.3) is 0 Å². The highest BCUT2D eigenvalue weighted by Gasteiger charge is 2.34. The molecule has 36 heavy (non-hydrogen) atoms. The van der Waals surface area contributed by atoms with Gasteiger partial charge in [-0.15, -0.1) is 10.2 Å². The van der Waals surface area contributed by atoms with Crippen molar-refractivity contribution >= 4 is 5.82 Å². The van der Waals surface area contributed by atoms with E-state index in [1.807, 2.05) is 31.9 Å². The van der Waals surface area contributed by atoms with Crippen LogP contribution < -0.4 is 9.64 Å². The van der Waals surface area contributed by atoms with Crippen LogP contribution in [0.3, 0.4) is 0 Å². The van der Waals surface area contributed by atoms with E-state index in [2.05, 4.69) is 20.1 Å². The van der Waals surface area contributed by atoms with Gasteiger partial charge < -0.3 is 9.64 Å². The number of benzene rings is 1. The van der Waals surface area contributed by atoms with E-state index in [9.17, 15) is 17.6 Å². The van der Waals surface area contributed by atoms with Gasteiger partial charge in [-0.05, 0) is 68.6 Å². The van der Waals surface area contributed by atoms with Crippen LogP contribution in [0.1, 0.15) is 35.1 Å². The molecule has 0 amide bonds. The van der Waals surface area contributed by atoms with E-state index in [0.717, 1.165) is 47.1 Å². The van der Waals surface area contributed by atoms with Gasteiger partial charge in [-0.2, -0.15) is 13.2 Å². The maximum absolute atomic E-state index is 13.4. The van der Waals surface area contributed by atoms with E-state index < -0.39 is 17.6 Å². The van der Waals surface area contributed by atoms with Gasteiger partial charge in [0.2, 0.25) is 5.88 Å². The monoisotopic (exact) mass is 503 g/mol. The zero-order chi connectivity index (χ0) is 26.0. The largest absolute Gasteiger partial charge is 0.481 e. The summed E-state index contributed by atoms with van der Waals surface area (Å²) < 4.78 is 58.7. The number of anilines is 1. The number of pyridine rings is 1. The van der Waals surface area contributed by atoms with Gasteiger partial charge in [-0.3, -0.25) is 4.90 Å². The Hall–Kier alpha value is -3.27. The van der Waals surface area contributed by atoms with Gasteiger partial charge in [0.05, 0.1) is 18.4 Å². The molecule has 3 aromatic rings. The molecule has 4 rings (SSSR count). The summed E-state index contributed by atoms with van der Waals surface area (Å²) in [4.78, 5) is 8.34. The Morgan fingerprint density at radius 2 is 1.78 bits per heavy atom. The Bertz CT molecular complexity index is 1210. The highest BCUT2D eigenvalue weighted by atomic mass is 19.4. The Labute approximate surface area is 207 Å². The lowest BCUT2D eigenvalue weighted by Crippen LogP contribution is -2.44. The number of piperidine rings is 1. The molecule has 0 N–H and O–H groups in total. The summed E-state index contributed by atoms with van der Waals surface area (Å²) in [5, 5.41) is 8.98. The fraction of sp³-hybridized carbons (Fsp3) is 0.423. The van der Waals surface area contributed by atoms with Crippen LogP contribution >= 0.6 is 0 Å². The summed E-state index contributed by atoms with van der Waals surface area (Å²) in [6, 6.07) is 6.66. The zero-order valence-electron chi connectivity index (χ0n) is 20.7. The predicted molar refractivity (Wildman–Crippen MR) is 129 cm³/mol. The third-order valence-corrected chi connectivity index (χ3v) is 6.90. The van der Waals surface area contributed by atoms with Crippen LogP contribution in [0.25, 0.3) is 11.3 Å². The molecule has 192 valence electrons. The molecule has 0 aliphatic carbocycles. The highest BCUT2D eigenvalue weighted by molar-refractivity contribution is 5.66. The smallest absolute Gasteiger partial charge is 0.416 e. The topological polar surface area (TPSA) is 54.4 Å². The average Bonchev–Trinajstić information content (AvgIpc) is 2.86. The molecule has 0 bridgehead atoms. The van der Waals surface area contributed by atoms with E-state index in [1.165, 1.54) is 6.07 Å². The van der Waals surface area contributed by atoms with Crippen LogP contribution in [-0.4, -0.2) is 53.4 Å². The molecule has 10 heteroatoms. The van der Waals surface area contributed by atoms with Crippen LogP contribution in [0.15, 0.2) is 36.5 Å². The van der Waals surface area contributed by atoms with Crippen molar-refractivity contribution in [2.75, 3.05) is 32.1 Å². The number of ether oxygens (including phenoxy) is 1. The molecule has 1 aromatic carbocycles. The molecule has 1 aliphatic heterocycles. The molecule has 1 aliphatic rings. The number of methoxy groups -OCH3 is 1. The first-order valence-electron chi connectivity index (χ1n) is 11.7. The summed E-state index contributed by atoms with van der Waals surface area (Å²) in [5.41, 5.74) is 2.83. The first-order chi connectivity index (χ1) is 17.1. The van der Waals surface area contributed by atoms with Crippen molar-refractivity contribution in [1.29, 1.82) is 0 Å². The number of hydrogen-bond donors (Lipinski definition) is 0. The number of hydrogen-bond acceptors (Lipinski definition) is 6. The molecule has 6 nitrogen and oxygen atoms in total. The van der Waals surface area contributed by atoms with E-state index in [4.69, 9.17) is 4.74 Å². The lowest BCUT2D eigenvalue weighted by atomic mass is 10.00. The number of rotatable bonds is 6. The lowest BCUT2D eigenvalue weighted by molar-refractivity contribution is -0.138. The number of aromatic nitrogens is 3. The molecule has 1 fully saturated rings. The van der Waals surface area contributed by atoms with Crippen LogP contribution in [-0.2, 0) is 12.7 Å². The van der Waals surface area contributed by atoms with Crippen molar-refractivity contribution in [3.05, 3.63) is 64.6 Å². The lowest BCUT2D eigenvalue weighted by Gasteiger charge is -2.38. The normalized spacial score (nSPS) is 15.0. The van der Waals surface area contributed by atoms with Gasteiger partial charge in [0, 0.05) is 43.5 Å². The molecule has 0 spiro atoms. The predicted octanol–water partition coefficient (Wildman–Crippen LogP) is 5.42. The van der Waals surface area contributed by atoms with E-state index >= 15 is 0 Å². The van der Waals surface area contributed by atoms with Crippen LogP contribution in [0.4, 0.5) is 23.4 Å². The molecular weight excluding hydrogens is 474 g/mol. The first kappa shape index (κ1) is 25.8. The van der Waals surface area contributed by atoms with Crippen LogP contribution in [0, 0.1) is 19.7 Å². The second-order valence-corrected chi connectivity index (χ2v) is 9.14.